The van der Waals surface area contributed by atoms with Gasteiger partial charge in [-0.2, -0.15) is 0 Å². The van der Waals surface area contributed by atoms with Gasteiger partial charge in [0.25, 0.3) is 0 Å². The van der Waals surface area contributed by atoms with Gasteiger partial charge in [0.2, 0.25) is 0 Å². The molecule has 0 aromatic heterocycles. The number of anilines is 1. The number of benzene rings is 1. The van der Waals surface area contributed by atoms with Crippen molar-refractivity contribution in [3.63, 3.8) is 0 Å². The Labute approximate surface area is 103 Å². The van der Waals surface area contributed by atoms with Crippen LogP contribution in [0.4, 0.5) is 5.69 Å². The third-order valence-corrected chi connectivity index (χ3v) is 5.64. The van der Waals surface area contributed by atoms with Gasteiger partial charge in [-0.1, -0.05) is 25.5 Å². The highest BCUT2D eigenvalue weighted by Crippen LogP contribution is 2.44. The van der Waals surface area contributed by atoms with Crippen LogP contribution < -0.4 is 5.73 Å². The first-order valence-electron chi connectivity index (χ1n) is 6.04. The van der Waals surface area contributed by atoms with E-state index in [0.717, 1.165) is 30.5 Å². The summed E-state index contributed by atoms with van der Waals surface area (Å²) in [5.74, 6) is 0.504. The molecule has 0 radical (unpaired) electrons. The minimum Gasteiger partial charge on any atom is -0.399 e. The van der Waals surface area contributed by atoms with Gasteiger partial charge in [-0.3, -0.25) is 0 Å². The van der Waals surface area contributed by atoms with Gasteiger partial charge in [0, 0.05) is 16.9 Å². The molecule has 4 heteroatoms. The fraction of sp³-hybridized carbons (Fsp3) is 0.538. The van der Waals surface area contributed by atoms with Crippen LogP contribution in [0.5, 0.6) is 0 Å². The fourth-order valence-corrected chi connectivity index (χ4v) is 3.98. The Morgan fingerprint density at radius 2 is 1.82 bits per heavy atom. The molecule has 0 bridgehead atoms. The molecule has 3 nitrogen and oxygen atoms in total. The lowest BCUT2D eigenvalue weighted by atomic mass is 9.66. The Bertz CT molecular complexity index is 487. The van der Waals surface area contributed by atoms with E-state index < -0.39 is 9.84 Å². The number of hydrogen-bond acceptors (Lipinski definition) is 3. The highest BCUT2D eigenvalue weighted by molar-refractivity contribution is 7.91. The molecule has 0 atom stereocenters. The van der Waals surface area contributed by atoms with Crippen LogP contribution >= 0.6 is 0 Å². The van der Waals surface area contributed by atoms with Crippen LogP contribution in [0.2, 0.25) is 0 Å². The predicted octanol–water partition coefficient (Wildman–Crippen LogP) is 2.13. The molecule has 0 spiro atoms. The molecule has 0 heterocycles. The van der Waals surface area contributed by atoms with Gasteiger partial charge < -0.3 is 5.73 Å². The standard InChI is InChI=1S/C13H19NO2S/c1-2-17(15,16)10-13(8-3-9-13)11-4-6-12(14)7-5-11/h4-7H,2-3,8-10,14H2,1H3. The Kier molecular flexibility index (Phi) is 3.17. The number of nitrogen functional groups attached to an aromatic ring is 1. The van der Waals surface area contributed by atoms with E-state index in [0.29, 0.717) is 0 Å². The van der Waals surface area contributed by atoms with E-state index >= 15 is 0 Å². The summed E-state index contributed by atoms with van der Waals surface area (Å²) in [6, 6.07) is 7.65. The van der Waals surface area contributed by atoms with Crippen LogP contribution in [0.25, 0.3) is 0 Å². The Hall–Kier alpha value is -1.03. The second-order valence-electron chi connectivity index (χ2n) is 4.93. The summed E-state index contributed by atoms with van der Waals surface area (Å²) in [6.07, 6.45) is 3.05. The average Bonchev–Trinajstić information content (AvgIpc) is 2.25. The van der Waals surface area contributed by atoms with E-state index in [-0.39, 0.29) is 16.9 Å². The second-order valence-corrected chi connectivity index (χ2v) is 7.29. The Balaban J connectivity index is 2.29. The minimum atomic E-state index is -2.93. The van der Waals surface area contributed by atoms with E-state index in [4.69, 9.17) is 5.73 Å². The molecule has 1 saturated carbocycles. The lowest BCUT2D eigenvalue weighted by Crippen LogP contribution is -2.41. The predicted molar refractivity (Wildman–Crippen MR) is 70.7 cm³/mol. The molecule has 1 aliphatic rings. The maximum atomic E-state index is 11.8. The molecule has 1 aromatic carbocycles. The third kappa shape index (κ3) is 2.46. The summed E-state index contributed by atoms with van der Waals surface area (Å²) in [6.45, 7) is 1.71. The van der Waals surface area contributed by atoms with Crippen molar-refractivity contribution in [3.05, 3.63) is 29.8 Å². The van der Waals surface area contributed by atoms with Gasteiger partial charge in [-0.05, 0) is 30.5 Å². The monoisotopic (exact) mass is 253 g/mol. The maximum Gasteiger partial charge on any atom is 0.150 e. The van der Waals surface area contributed by atoms with Crippen molar-refractivity contribution in [2.75, 3.05) is 17.2 Å². The zero-order valence-electron chi connectivity index (χ0n) is 10.1. The smallest absolute Gasteiger partial charge is 0.150 e. The summed E-state index contributed by atoms with van der Waals surface area (Å²) in [7, 11) is -2.93. The SMILES string of the molecule is CCS(=O)(=O)CC1(c2ccc(N)cc2)CCC1. The molecular weight excluding hydrogens is 234 g/mol. The van der Waals surface area contributed by atoms with E-state index in [1.54, 1.807) is 6.92 Å². The third-order valence-electron chi connectivity index (χ3n) is 3.77. The molecule has 1 fully saturated rings. The van der Waals surface area contributed by atoms with Gasteiger partial charge in [0.05, 0.1) is 5.75 Å². The number of sulfone groups is 1. The van der Waals surface area contributed by atoms with Crippen LogP contribution in [-0.4, -0.2) is 19.9 Å². The topological polar surface area (TPSA) is 60.2 Å². The molecule has 94 valence electrons. The van der Waals surface area contributed by atoms with Crippen molar-refractivity contribution in [2.45, 2.75) is 31.6 Å². The maximum absolute atomic E-state index is 11.8. The Morgan fingerprint density at radius 1 is 1.24 bits per heavy atom. The van der Waals surface area contributed by atoms with Crippen LogP contribution in [0.15, 0.2) is 24.3 Å². The molecule has 17 heavy (non-hydrogen) atoms. The lowest BCUT2D eigenvalue weighted by Gasteiger charge is -2.42. The summed E-state index contributed by atoms with van der Waals surface area (Å²) in [5, 5.41) is 0. The van der Waals surface area contributed by atoms with Gasteiger partial charge in [-0.25, -0.2) is 8.42 Å². The van der Waals surface area contributed by atoms with E-state index in [1.807, 2.05) is 24.3 Å². The number of hydrogen-bond donors (Lipinski definition) is 1. The van der Waals surface area contributed by atoms with Crippen molar-refractivity contribution in [1.29, 1.82) is 0 Å². The Morgan fingerprint density at radius 3 is 2.24 bits per heavy atom. The summed E-state index contributed by atoms with van der Waals surface area (Å²) < 4.78 is 23.6. The van der Waals surface area contributed by atoms with Crippen molar-refractivity contribution in [2.24, 2.45) is 0 Å². The van der Waals surface area contributed by atoms with Crippen LogP contribution in [-0.2, 0) is 15.3 Å². The van der Waals surface area contributed by atoms with Gasteiger partial charge in [0.1, 0.15) is 0 Å². The molecule has 0 unspecified atom stereocenters. The first kappa shape index (κ1) is 12.4. The van der Waals surface area contributed by atoms with Gasteiger partial charge in [0.15, 0.2) is 9.84 Å². The van der Waals surface area contributed by atoms with Crippen LogP contribution in [0, 0.1) is 0 Å². The lowest BCUT2D eigenvalue weighted by molar-refractivity contribution is 0.274. The van der Waals surface area contributed by atoms with E-state index in [1.165, 1.54) is 0 Å². The molecule has 2 rings (SSSR count). The highest BCUT2D eigenvalue weighted by atomic mass is 32.2. The zero-order valence-corrected chi connectivity index (χ0v) is 11.0. The molecule has 1 aliphatic carbocycles. The second kappa shape index (κ2) is 4.33. The van der Waals surface area contributed by atoms with E-state index in [2.05, 4.69) is 0 Å². The molecular formula is C13H19NO2S. The summed E-state index contributed by atoms with van der Waals surface area (Å²) in [5.41, 5.74) is 7.36. The molecule has 1 aromatic rings. The van der Waals surface area contributed by atoms with Gasteiger partial charge >= 0.3 is 0 Å². The minimum absolute atomic E-state index is 0.150. The normalized spacial score (nSPS) is 18.6. The number of nitrogens with two attached hydrogens (primary N) is 1. The summed E-state index contributed by atoms with van der Waals surface area (Å²) in [4.78, 5) is 0. The zero-order chi connectivity index (χ0) is 12.5. The van der Waals surface area contributed by atoms with Gasteiger partial charge in [-0.15, -0.1) is 0 Å². The van der Waals surface area contributed by atoms with Crippen LogP contribution in [0.1, 0.15) is 31.7 Å². The van der Waals surface area contributed by atoms with E-state index in [9.17, 15) is 8.42 Å². The van der Waals surface area contributed by atoms with Crippen molar-refractivity contribution in [3.8, 4) is 0 Å². The largest absolute Gasteiger partial charge is 0.399 e. The first-order chi connectivity index (χ1) is 7.97. The first-order valence-corrected chi connectivity index (χ1v) is 7.86. The molecule has 0 saturated heterocycles. The van der Waals surface area contributed by atoms with Crippen molar-refractivity contribution in [1.82, 2.24) is 0 Å². The number of rotatable bonds is 4. The van der Waals surface area contributed by atoms with Crippen molar-refractivity contribution < 1.29 is 8.42 Å². The molecule has 0 aliphatic heterocycles. The molecule has 2 N–H and O–H groups in total. The highest BCUT2D eigenvalue weighted by Gasteiger charge is 2.41. The summed E-state index contributed by atoms with van der Waals surface area (Å²) >= 11 is 0. The quantitative estimate of drug-likeness (QED) is 0.836. The fourth-order valence-electron chi connectivity index (χ4n) is 2.48. The average molecular weight is 253 g/mol. The molecule has 0 amide bonds. The van der Waals surface area contributed by atoms with Crippen LogP contribution in [0.3, 0.4) is 0 Å². The van der Waals surface area contributed by atoms with Crippen molar-refractivity contribution >= 4 is 15.5 Å².